The van der Waals surface area contributed by atoms with Gasteiger partial charge in [0, 0.05) is 13.2 Å². The van der Waals surface area contributed by atoms with Crippen LogP contribution in [0.5, 0.6) is 0 Å². The zero-order chi connectivity index (χ0) is 13.5. The maximum absolute atomic E-state index is 11.2. The predicted molar refractivity (Wildman–Crippen MR) is 64.2 cm³/mol. The summed E-state index contributed by atoms with van der Waals surface area (Å²) in [5, 5.41) is 20.9. The van der Waals surface area contributed by atoms with Crippen molar-refractivity contribution in [1.82, 2.24) is 24.8 Å². The molecule has 0 saturated carbocycles. The van der Waals surface area contributed by atoms with Gasteiger partial charge in [0.1, 0.15) is 5.69 Å². The Morgan fingerprint density at radius 1 is 1.39 bits per heavy atom. The van der Waals surface area contributed by atoms with Crippen molar-refractivity contribution in [3.63, 3.8) is 0 Å². The van der Waals surface area contributed by atoms with Gasteiger partial charge in [0.05, 0.1) is 11.2 Å². The van der Waals surface area contributed by atoms with Crippen LogP contribution in [0.1, 0.15) is 31.3 Å². The van der Waals surface area contributed by atoms with Gasteiger partial charge < -0.3 is 5.11 Å². The molecule has 0 fully saturated rings. The van der Waals surface area contributed by atoms with E-state index >= 15 is 0 Å². The molecule has 0 amide bonds. The van der Waals surface area contributed by atoms with Crippen LogP contribution in [0, 0.1) is 0 Å². The fourth-order valence-corrected chi connectivity index (χ4v) is 1.73. The number of carbonyl (C=O) groups is 1. The molecular formula is C11H15N5O2. The summed E-state index contributed by atoms with van der Waals surface area (Å²) < 4.78 is 3.21. The van der Waals surface area contributed by atoms with Crippen LogP contribution in [0.4, 0.5) is 0 Å². The van der Waals surface area contributed by atoms with Crippen LogP contribution in [-0.4, -0.2) is 35.9 Å². The molecule has 2 aromatic rings. The summed E-state index contributed by atoms with van der Waals surface area (Å²) in [7, 11) is 1.75. The lowest BCUT2D eigenvalue weighted by Crippen LogP contribution is -2.25. The first kappa shape index (κ1) is 12.3. The number of aryl methyl sites for hydroxylation is 1. The van der Waals surface area contributed by atoms with E-state index in [1.807, 2.05) is 20.8 Å². The van der Waals surface area contributed by atoms with E-state index in [1.54, 1.807) is 28.7 Å². The number of carboxylic acid groups (broad SMARTS) is 1. The maximum Gasteiger partial charge on any atom is 0.358 e. The molecule has 7 heteroatoms. The van der Waals surface area contributed by atoms with Crippen molar-refractivity contribution < 1.29 is 9.90 Å². The van der Waals surface area contributed by atoms with Gasteiger partial charge in [-0.1, -0.05) is 5.21 Å². The molecule has 0 saturated heterocycles. The minimum absolute atomic E-state index is 0.0616. The molecule has 0 aliphatic rings. The van der Waals surface area contributed by atoms with Crippen molar-refractivity contribution in [3.05, 3.63) is 18.0 Å². The Balaban J connectivity index is 2.73. The number of aromatic carboxylic acids is 1. The average molecular weight is 249 g/mol. The Labute approximate surface area is 104 Å². The van der Waals surface area contributed by atoms with Crippen molar-refractivity contribution in [1.29, 1.82) is 0 Å². The highest BCUT2D eigenvalue weighted by Crippen LogP contribution is 2.26. The van der Waals surface area contributed by atoms with E-state index in [4.69, 9.17) is 0 Å². The maximum atomic E-state index is 11.2. The summed E-state index contributed by atoms with van der Waals surface area (Å²) in [5.74, 6) is -1.10. The van der Waals surface area contributed by atoms with Gasteiger partial charge in [-0.25, -0.2) is 9.48 Å². The number of hydrogen-bond acceptors (Lipinski definition) is 4. The normalized spacial score (nSPS) is 11.8. The molecule has 0 unspecified atom stereocenters. The Morgan fingerprint density at radius 3 is 2.50 bits per heavy atom. The molecule has 0 aromatic carbocycles. The molecule has 0 spiro atoms. The first-order valence-corrected chi connectivity index (χ1v) is 5.50. The molecule has 2 heterocycles. The fraction of sp³-hybridized carbons (Fsp3) is 0.455. The Bertz CT molecular complexity index is 591. The average Bonchev–Trinajstić information content (AvgIpc) is 2.80. The van der Waals surface area contributed by atoms with Crippen molar-refractivity contribution in [3.8, 4) is 11.4 Å². The third-order valence-corrected chi connectivity index (χ3v) is 2.57. The van der Waals surface area contributed by atoms with Gasteiger partial charge in [0.25, 0.3) is 0 Å². The molecule has 2 aromatic heterocycles. The lowest BCUT2D eigenvalue weighted by atomic mass is 10.1. The quantitative estimate of drug-likeness (QED) is 0.862. The molecule has 18 heavy (non-hydrogen) atoms. The molecular weight excluding hydrogens is 234 g/mol. The van der Waals surface area contributed by atoms with E-state index in [0.717, 1.165) is 0 Å². The van der Waals surface area contributed by atoms with Gasteiger partial charge in [0.15, 0.2) is 5.69 Å². The largest absolute Gasteiger partial charge is 0.476 e. The Kier molecular flexibility index (Phi) is 2.68. The molecule has 1 N–H and O–H groups in total. The lowest BCUT2D eigenvalue weighted by Gasteiger charge is -2.21. The third kappa shape index (κ3) is 1.87. The standard InChI is InChI=1S/C11H15N5O2/c1-11(2,3)16-9(7-5-6-12-15(7)4)8(10(17)18)13-14-16/h5-6H,1-4H3,(H,17,18). The highest BCUT2D eigenvalue weighted by atomic mass is 16.4. The molecule has 0 aliphatic carbocycles. The molecule has 0 aliphatic heterocycles. The lowest BCUT2D eigenvalue weighted by molar-refractivity contribution is 0.0691. The number of rotatable bonds is 2. The van der Waals surface area contributed by atoms with E-state index < -0.39 is 5.97 Å². The Morgan fingerprint density at radius 2 is 2.06 bits per heavy atom. The Hall–Kier alpha value is -2.18. The van der Waals surface area contributed by atoms with Crippen molar-refractivity contribution in [2.24, 2.45) is 7.05 Å². The SMILES string of the molecule is Cn1nccc1-c1c(C(=O)O)nnn1C(C)(C)C. The molecule has 96 valence electrons. The summed E-state index contributed by atoms with van der Waals surface area (Å²) in [6.45, 7) is 5.81. The van der Waals surface area contributed by atoms with E-state index in [9.17, 15) is 9.90 Å². The summed E-state index contributed by atoms with van der Waals surface area (Å²) in [6.07, 6.45) is 1.61. The van der Waals surface area contributed by atoms with Gasteiger partial charge in [-0.2, -0.15) is 5.10 Å². The number of carboxylic acids is 1. The highest BCUT2D eigenvalue weighted by Gasteiger charge is 2.28. The van der Waals surface area contributed by atoms with E-state index in [0.29, 0.717) is 11.4 Å². The van der Waals surface area contributed by atoms with Crippen LogP contribution < -0.4 is 0 Å². The minimum Gasteiger partial charge on any atom is -0.476 e. The first-order valence-electron chi connectivity index (χ1n) is 5.50. The minimum atomic E-state index is -1.10. The number of nitrogens with zero attached hydrogens (tertiary/aromatic N) is 5. The number of hydrogen-bond donors (Lipinski definition) is 1. The van der Waals surface area contributed by atoms with Crippen LogP contribution in [0.2, 0.25) is 0 Å². The van der Waals surface area contributed by atoms with Crippen molar-refractivity contribution in [2.45, 2.75) is 26.3 Å². The van der Waals surface area contributed by atoms with Gasteiger partial charge >= 0.3 is 5.97 Å². The van der Waals surface area contributed by atoms with Gasteiger partial charge in [-0.15, -0.1) is 5.10 Å². The number of aromatic nitrogens is 5. The molecule has 2 rings (SSSR count). The second-order valence-corrected chi connectivity index (χ2v) is 5.01. The summed E-state index contributed by atoms with van der Waals surface area (Å²) >= 11 is 0. The molecule has 7 nitrogen and oxygen atoms in total. The van der Waals surface area contributed by atoms with Crippen LogP contribution in [-0.2, 0) is 12.6 Å². The van der Waals surface area contributed by atoms with Crippen LogP contribution in [0.15, 0.2) is 12.3 Å². The second kappa shape index (κ2) is 3.94. The topological polar surface area (TPSA) is 85.8 Å². The molecule has 0 atom stereocenters. The summed E-state index contributed by atoms with van der Waals surface area (Å²) in [4.78, 5) is 11.2. The van der Waals surface area contributed by atoms with Crippen molar-refractivity contribution in [2.75, 3.05) is 0 Å². The summed E-state index contributed by atoms with van der Waals surface area (Å²) in [6, 6.07) is 1.74. The van der Waals surface area contributed by atoms with E-state index in [-0.39, 0.29) is 11.2 Å². The zero-order valence-electron chi connectivity index (χ0n) is 10.7. The first-order chi connectivity index (χ1) is 8.32. The van der Waals surface area contributed by atoms with Crippen LogP contribution >= 0.6 is 0 Å². The third-order valence-electron chi connectivity index (χ3n) is 2.57. The second-order valence-electron chi connectivity index (χ2n) is 5.01. The molecule has 0 radical (unpaired) electrons. The smallest absolute Gasteiger partial charge is 0.358 e. The van der Waals surface area contributed by atoms with Crippen molar-refractivity contribution >= 4 is 5.97 Å². The monoisotopic (exact) mass is 249 g/mol. The van der Waals surface area contributed by atoms with Crippen LogP contribution in [0.3, 0.4) is 0 Å². The zero-order valence-corrected chi connectivity index (χ0v) is 10.7. The van der Waals surface area contributed by atoms with E-state index in [1.165, 1.54) is 0 Å². The molecule has 0 bridgehead atoms. The van der Waals surface area contributed by atoms with Gasteiger partial charge in [-0.05, 0) is 26.8 Å². The fourth-order valence-electron chi connectivity index (χ4n) is 1.73. The predicted octanol–water partition coefficient (Wildman–Crippen LogP) is 1.13. The van der Waals surface area contributed by atoms with Gasteiger partial charge in [-0.3, -0.25) is 4.68 Å². The van der Waals surface area contributed by atoms with E-state index in [2.05, 4.69) is 15.4 Å². The summed E-state index contributed by atoms with van der Waals surface area (Å²) in [5.41, 5.74) is 0.719. The van der Waals surface area contributed by atoms with Crippen LogP contribution in [0.25, 0.3) is 11.4 Å². The van der Waals surface area contributed by atoms with Gasteiger partial charge in [0.2, 0.25) is 0 Å². The highest BCUT2D eigenvalue weighted by molar-refractivity contribution is 5.92.